The maximum atomic E-state index is 6.38. The average molecular weight is 355 g/mol. The van der Waals surface area contributed by atoms with Crippen LogP contribution in [0.2, 0.25) is 0 Å². The smallest absolute Gasteiger partial charge is 0.170 e. The summed E-state index contributed by atoms with van der Waals surface area (Å²) < 4.78 is 17.9. The van der Waals surface area contributed by atoms with Gasteiger partial charge in [0.15, 0.2) is 0 Å². The lowest BCUT2D eigenvalue weighted by molar-refractivity contribution is 0.271. The molecule has 1 spiro atoms. The van der Waals surface area contributed by atoms with Crippen LogP contribution in [0.3, 0.4) is 0 Å². The summed E-state index contributed by atoms with van der Waals surface area (Å²) in [5.74, 6) is 0. The van der Waals surface area contributed by atoms with E-state index in [-0.39, 0.29) is 0 Å². The molecule has 4 nitrogen and oxygen atoms in total. The van der Waals surface area contributed by atoms with Gasteiger partial charge in [0, 0.05) is 0 Å². The van der Waals surface area contributed by atoms with Crippen LogP contribution in [0.15, 0.2) is 60.7 Å². The predicted molar refractivity (Wildman–Crippen MR) is 100 cm³/mol. The SMILES string of the molecule is c1ccc(C[C@@H]2CO[P+]34OC[C@@H](Cc5ccccc5)N3CCN24)cc1. The van der Waals surface area contributed by atoms with Crippen molar-refractivity contribution >= 4 is 8.02 Å². The van der Waals surface area contributed by atoms with Gasteiger partial charge in [-0.2, -0.15) is 9.05 Å². The fourth-order valence-electron chi connectivity index (χ4n) is 4.36. The first-order valence-corrected chi connectivity index (χ1v) is 10.7. The van der Waals surface area contributed by atoms with Gasteiger partial charge >= 0.3 is 8.02 Å². The molecule has 5 rings (SSSR count). The molecule has 3 fully saturated rings. The molecule has 3 heterocycles. The van der Waals surface area contributed by atoms with Crippen molar-refractivity contribution in [3.63, 3.8) is 0 Å². The molecule has 130 valence electrons. The summed E-state index contributed by atoms with van der Waals surface area (Å²) in [4.78, 5) is 0. The second kappa shape index (κ2) is 6.46. The molecule has 3 aliphatic rings. The third kappa shape index (κ3) is 2.73. The van der Waals surface area contributed by atoms with E-state index in [0.29, 0.717) is 12.1 Å². The van der Waals surface area contributed by atoms with E-state index in [1.807, 2.05) is 0 Å². The van der Waals surface area contributed by atoms with E-state index in [1.165, 1.54) is 11.1 Å². The summed E-state index contributed by atoms with van der Waals surface area (Å²) in [6, 6.07) is 22.4. The first-order chi connectivity index (χ1) is 12.4. The Balaban J connectivity index is 1.32. The van der Waals surface area contributed by atoms with Gasteiger partial charge in [-0.25, -0.2) is 0 Å². The van der Waals surface area contributed by atoms with Crippen LogP contribution in [0.25, 0.3) is 0 Å². The predicted octanol–water partition coefficient (Wildman–Crippen LogP) is 3.56. The van der Waals surface area contributed by atoms with Crippen molar-refractivity contribution in [1.29, 1.82) is 0 Å². The van der Waals surface area contributed by atoms with Crippen molar-refractivity contribution in [3.05, 3.63) is 71.8 Å². The molecule has 25 heavy (non-hydrogen) atoms. The van der Waals surface area contributed by atoms with E-state index >= 15 is 0 Å². The minimum atomic E-state index is -1.99. The quantitative estimate of drug-likeness (QED) is 0.783. The highest BCUT2D eigenvalue weighted by atomic mass is 31.2. The van der Waals surface area contributed by atoms with E-state index in [2.05, 4.69) is 70.0 Å². The summed E-state index contributed by atoms with van der Waals surface area (Å²) in [6.07, 6.45) is 2.09. The highest BCUT2D eigenvalue weighted by Gasteiger charge is 2.72. The van der Waals surface area contributed by atoms with Gasteiger partial charge in [-0.15, -0.1) is 9.34 Å². The molecule has 0 amide bonds. The van der Waals surface area contributed by atoms with Gasteiger partial charge in [-0.1, -0.05) is 60.7 Å². The molecule has 2 atom stereocenters. The zero-order valence-corrected chi connectivity index (χ0v) is 15.2. The molecular formula is C20H24N2O2P+. The van der Waals surface area contributed by atoms with E-state index in [0.717, 1.165) is 39.1 Å². The van der Waals surface area contributed by atoms with Crippen LogP contribution >= 0.6 is 8.02 Å². The highest BCUT2D eigenvalue weighted by Crippen LogP contribution is 2.77. The maximum Gasteiger partial charge on any atom is 0.437 e. The van der Waals surface area contributed by atoms with Crippen LogP contribution in [0.1, 0.15) is 11.1 Å². The zero-order chi connectivity index (χ0) is 16.7. The van der Waals surface area contributed by atoms with E-state index < -0.39 is 8.02 Å². The molecule has 2 aromatic rings. The van der Waals surface area contributed by atoms with Gasteiger partial charge < -0.3 is 0 Å². The number of benzene rings is 2. The Labute approximate surface area is 150 Å². The van der Waals surface area contributed by atoms with Crippen LogP contribution in [-0.4, -0.2) is 47.7 Å². The molecule has 0 N–H and O–H groups in total. The summed E-state index contributed by atoms with van der Waals surface area (Å²) in [7, 11) is -1.99. The third-order valence-corrected chi connectivity index (χ3v) is 8.87. The summed E-state index contributed by atoms with van der Waals surface area (Å²) in [5.41, 5.74) is 2.77. The Morgan fingerprint density at radius 1 is 0.720 bits per heavy atom. The van der Waals surface area contributed by atoms with E-state index in [1.54, 1.807) is 0 Å². The molecule has 0 aliphatic carbocycles. The van der Waals surface area contributed by atoms with Crippen molar-refractivity contribution in [2.24, 2.45) is 0 Å². The third-order valence-electron chi connectivity index (χ3n) is 5.55. The van der Waals surface area contributed by atoms with Gasteiger partial charge in [0.2, 0.25) is 0 Å². The number of rotatable bonds is 4. The molecule has 2 aromatic carbocycles. The Bertz CT molecular complexity index is 663. The minimum absolute atomic E-state index is 0.441. The van der Waals surface area contributed by atoms with Crippen LogP contribution in [0, 0.1) is 0 Å². The largest absolute Gasteiger partial charge is 0.437 e. The molecule has 3 saturated heterocycles. The van der Waals surface area contributed by atoms with Crippen molar-refractivity contribution in [2.75, 3.05) is 26.3 Å². The molecule has 0 radical (unpaired) electrons. The van der Waals surface area contributed by atoms with Gasteiger partial charge in [-0.3, -0.25) is 0 Å². The highest BCUT2D eigenvalue weighted by molar-refractivity contribution is 7.62. The Kier molecular flexibility index (Phi) is 4.11. The van der Waals surface area contributed by atoms with Crippen LogP contribution in [-0.2, 0) is 21.9 Å². The van der Waals surface area contributed by atoms with Crippen molar-refractivity contribution in [2.45, 2.75) is 24.9 Å². The topological polar surface area (TPSA) is 24.9 Å². The summed E-state index contributed by atoms with van der Waals surface area (Å²) >= 11 is 0. The molecule has 0 unspecified atom stereocenters. The van der Waals surface area contributed by atoms with E-state index in [9.17, 15) is 0 Å². The summed E-state index contributed by atoms with van der Waals surface area (Å²) in [6.45, 7) is 3.71. The first kappa shape index (κ1) is 15.9. The van der Waals surface area contributed by atoms with Crippen molar-refractivity contribution in [3.8, 4) is 0 Å². The maximum absolute atomic E-state index is 6.38. The summed E-state index contributed by atoms with van der Waals surface area (Å²) in [5, 5.41) is 0. The second-order valence-electron chi connectivity index (χ2n) is 7.10. The molecule has 0 bridgehead atoms. The fourth-order valence-corrected chi connectivity index (χ4v) is 7.86. The monoisotopic (exact) mass is 355 g/mol. The number of nitrogens with zero attached hydrogens (tertiary/aromatic N) is 2. The van der Waals surface area contributed by atoms with E-state index in [4.69, 9.17) is 9.05 Å². The standard InChI is InChI=1S/C20H24N2O2P/c1-3-7-17(8-4-1)13-19-15-23-25-21(19)11-12-22(25)20(16-24-25)14-18-9-5-2-6-10-18/h1-10,19-20H,11-16H2/q+1/t19-,20-,25?/m1/s1. The van der Waals surface area contributed by atoms with Gasteiger partial charge in [0.25, 0.3) is 0 Å². The number of hydrogen-bond donors (Lipinski definition) is 0. The lowest BCUT2D eigenvalue weighted by Gasteiger charge is -2.22. The zero-order valence-electron chi connectivity index (χ0n) is 14.3. The lowest BCUT2D eigenvalue weighted by Crippen LogP contribution is -2.31. The Morgan fingerprint density at radius 3 is 1.60 bits per heavy atom. The van der Waals surface area contributed by atoms with Gasteiger partial charge in [0.1, 0.15) is 13.2 Å². The van der Waals surface area contributed by atoms with Crippen LogP contribution < -0.4 is 0 Å². The lowest BCUT2D eigenvalue weighted by atomic mass is 10.1. The van der Waals surface area contributed by atoms with Gasteiger partial charge in [-0.05, 0) is 24.0 Å². The minimum Gasteiger partial charge on any atom is -0.170 e. The Hall–Kier alpha value is -1.29. The van der Waals surface area contributed by atoms with Gasteiger partial charge in [0.05, 0.1) is 25.2 Å². The molecule has 0 aromatic heterocycles. The Morgan fingerprint density at radius 2 is 1.16 bits per heavy atom. The molecule has 0 saturated carbocycles. The molecule has 3 aliphatic heterocycles. The van der Waals surface area contributed by atoms with Crippen LogP contribution in [0.4, 0.5) is 0 Å². The normalized spacial score (nSPS) is 28.2. The number of hydrogen-bond acceptors (Lipinski definition) is 4. The molecule has 5 heteroatoms. The molecular weight excluding hydrogens is 331 g/mol. The second-order valence-corrected chi connectivity index (χ2v) is 9.62. The first-order valence-electron chi connectivity index (χ1n) is 9.15. The van der Waals surface area contributed by atoms with Crippen LogP contribution in [0.5, 0.6) is 0 Å². The average Bonchev–Trinajstić information content (AvgIpc) is 3.28. The fraction of sp³-hybridized carbons (Fsp3) is 0.400. The van der Waals surface area contributed by atoms with Crippen molar-refractivity contribution < 1.29 is 9.05 Å². The van der Waals surface area contributed by atoms with Crippen molar-refractivity contribution in [1.82, 2.24) is 9.34 Å².